The second-order valence-corrected chi connectivity index (χ2v) is 9.20. The van der Waals surface area contributed by atoms with E-state index in [1.807, 2.05) is 42.6 Å². The first-order valence-electron chi connectivity index (χ1n) is 11.3. The average Bonchev–Trinajstić information content (AvgIpc) is 2.81. The molecule has 32 heavy (non-hydrogen) atoms. The summed E-state index contributed by atoms with van der Waals surface area (Å²) in [5.74, 6) is 7.26. The summed E-state index contributed by atoms with van der Waals surface area (Å²) in [5, 5.41) is 0.734. The van der Waals surface area contributed by atoms with E-state index in [0.717, 1.165) is 39.9 Å². The van der Waals surface area contributed by atoms with Crippen LogP contribution < -0.4 is 0 Å². The van der Waals surface area contributed by atoms with E-state index in [9.17, 15) is 0 Å². The Labute approximate surface area is 197 Å². The lowest BCUT2D eigenvalue weighted by Gasteiger charge is -2.30. The zero-order valence-corrected chi connectivity index (χ0v) is 19.6. The first-order chi connectivity index (χ1) is 15.5. The van der Waals surface area contributed by atoms with E-state index in [2.05, 4.69) is 65.9 Å². The van der Waals surface area contributed by atoms with Gasteiger partial charge in [-0.15, -0.1) is 0 Å². The number of hydrogen-bond acceptors (Lipinski definition) is 2. The van der Waals surface area contributed by atoms with Crippen LogP contribution >= 0.6 is 11.6 Å². The predicted octanol–water partition coefficient (Wildman–Crippen LogP) is 6.94. The fourth-order valence-electron chi connectivity index (χ4n) is 3.98. The standard InChI is InChI=1S/C29H29ClN2/c1-22-15-17-32(18-16-22)21-23(2)19-25-5-3-24(4-6-25)7-13-29-14-10-27(20-31-29)26-8-11-28(30)12-9-26/h3-6,8-12,14,19-20,22H,15-18,21H2,1-2H3. The van der Waals surface area contributed by atoms with Gasteiger partial charge in [0.1, 0.15) is 5.69 Å². The quantitative estimate of drug-likeness (QED) is 0.408. The van der Waals surface area contributed by atoms with Crippen molar-refractivity contribution in [3.8, 4) is 23.0 Å². The minimum absolute atomic E-state index is 0.734. The van der Waals surface area contributed by atoms with E-state index >= 15 is 0 Å². The highest BCUT2D eigenvalue weighted by atomic mass is 35.5. The first-order valence-corrected chi connectivity index (χ1v) is 11.7. The van der Waals surface area contributed by atoms with Crippen LogP contribution in [0.4, 0.5) is 0 Å². The molecule has 2 heterocycles. The highest BCUT2D eigenvalue weighted by Crippen LogP contribution is 2.21. The molecule has 3 aromatic rings. The summed E-state index contributed by atoms with van der Waals surface area (Å²) >= 11 is 5.96. The number of rotatable bonds is 4. The topological polar surface area (TPSA) is 16.1 Å². The van der Waals surface area contributed by atoms with E-state index in [1.165, 1.54) is 37.1 Å². The normalized spacial score (nSPS) is 15.3. The molecule has 1 aliphatic rings. The Bertz CT molecular complexity index is 1110. The molecular weight excluding hydrogens is 412 g/mol. The van der Waals surface area contributed by atoms with Gasteiger partial charge in [0.05, 0.1) is 0 Å². The molecule has 0 aliphatic carbocycles. The molecule has 2 aromatic carbocycles. The van der Waals surface area contributed by atoms with Gasteiger partial charge in [-0.05, 0) is 86.2 Å². The van der Waals surface area contributed by atoms with Crippen molar-refractivity contribution in [3.63, 3.8) is 0 Å². The van der Waals surface area contributed by atoms with E-state index in [4.69, 9.17) is 11.6 Å². The van der Waals surface area contributed by atoms with E-state index in [-0.39, 0.29) is 0 Å². The van der Waals surface area contributed by atoms with Crippen molar-refractivity contribution in [2.24, 2.45) is 5.92 Å². The lowest BCUT2D eigenvalue weighted by molar-refractivity contribution is 0.207. The van der Waals surface area contributed by atoms with Crippen molar-refractivity contribution in [1.29, 1.82) is 0 Å². The second kappa shape index (κ2) is 10.6. The van der Waals surface area contributed by atoms with Gasteiger partial charge in [-0.2, -0.15) is 0 Å². The van der Waals surface area contributed by atoms with Gasteiger partial charge in [0.25, 0.3) is 0 Å². The van der Waals surface area contributed by atoms with Crippen LogP contribution in [0, 0.1) is 17.8 Å². The summed E-state index contributed by atoms with van der Waals surface area (Å²) in [5.41, 5.74) is 6.53. The smallest absolute Gasteiger partial charge is 0.113 e. The molecule has 1 fully saturated rings. The molecular formula is C29H29ClN2. The highest BCUT2D eigenvalue weighted by Gasteiger charge is 2.15. The van der Waals surface area contributed by atoms with Crippen LogP contribution in [0.3, 0.4) is 0 Å². The third-order valence-corrected chi connectivity index (χ3v) is 6.20. The van der Waals surface area contributed by atoms with Crippen LogP contribution in [-0.4, -0.2) is 29.5 Å². The number of nitrogens with zero attached hydrogens (tertiary/aromatic N) is 2. The summed E-state index contributed by atoms with van der Waals surface area (Å²) in [4.78, 5) is 7.06. The molecule has 2 nitrogen and oxygen atoms in total. The maximum atomic E-state index is 5.96. The van der Waals surface area contributed by atoms with Crippen LogP contribution in [0.5, 0.6) is 0 Å². The Morgan fingerprint density at radius 3 is 2.31 bits per heavy atom. The monoisotopic (exact) mass is 440 g/mol. The number of pyridine rings is 1. The summed E-state index contributed by atoms with van der Waals surface area (Å²) in [6, 6.07) is 20.2. The summed E-state index contributed by atoms with van der Waals surface area (Å²) < 4.78 is 0. The lowest BCUT2D eigenvalue weighted by Crippen LogP contribution is -2.33. The summed E-state index contributed by atoms with van der Waals surface area (Å²) in [6.45, 7) is 8.08. The van der Waals surface area contributed by atoms with Crippen molar-refractivity contribution in [3.05, 3.63) is 94.3 Å². The molecule has 3 heteroatoms. The Kier molecular flexibility index (Phi) is 7.43. The minimum atomic E-state index is 0.734. The fourth-order valence-corrected chi connectivity index (χ4v) is 4.11. The number of aromatic nitrogens is 1. The average molecular weight is 441 g/mol. The number of piperidine rings is 1. The number of hydrogen-bond donors (Lipinski definition) is 0. The molecule has 0 unspecified atom stereocenters. The van der Waals surface area contributed by atoms with Gasteiger partial charge in [0, 0.05) is 28.9 Å². The zero-order valence-electron chi connectivity index (χ0n) is 18.8. The van der Waals surface area contributed by atoms with Gasteiger partial charge in [-0.25, -0.2) is 4.98 Å². The highest BCUT2D eigenvalue weighted by molar-refractivity contribution is 6.30. The Morgan fingerprint density at radius 1 is 0.969 bits per heavy atom. The molecule has 0 saturated carbocycles. The molecule has 0 atom stereocenters. The maximum absolute atomic E-state index is 5.96. The van der Waals surface area contributed by atoms with Crippen LogP contribution in [0.2, 0.25) is 5.02 Å². The molecule has 1 aromatic heterocycles. The van der Waals surface area contributed by atoms with Gasteiger partial charge in [0.2, 0.25) is 0 Å². The molecule has 4 rings (SSSR count). The van der Waals surface area contributed by atoms with Crippen molar-refractivity contribution < 1.29 is 0 Å². The van der Waals surface area contributed by atoms with E-state index in [0.29, 0.717) is 0 Å². The Balaban J connectivity index is 1.36. The number of likely N-dealkylation sites (tertiary alicyclic amines) is 1. The first kappa shape index (κ1) is 22.3. The van der Waals surface area contributed by atoms with E-state index in [1.54, 1.807) is 0 Å². The summed E-state index contributed by atoms with van der Waals surface area (Å²) in [6.07, 6.45) is 6.78. The molecule has 1 saturated heterocycles. The van der Waals surface area contributed by atoms with Crippen molar-refractivity contribution in [1.82, 2.24) is 9.88 Å². The molecule has 162 valence electrons. The molecule has 0 spiro atoms. The van der Waals surface area contributed by atoms with Crippen molar-refractivity contribution in [2.45, 2.75) is 26.7 Å². The predicted molar refractivity (Wildman–Crippen MR) is 136 cm³/mol. The Hall–Kier alpha value is -2.86. The van der Waals surface area contributed by atoms with Gasteiger partial charge in [0.15, 0.2) is 0 Å². The van der Waals surface area contributed by atoms with Crippen LogP contribution in [-0.2, 0) is 0 Å². The Morgan fingerprint density at radius 2 is 1.66 bits per heavy atom. The maximum Gasteiger partial charge on any atom is 0.113 e. The minimum Gasteiger partial charge on any atom is -0.299 e. The fraction of sp³-hybridized carbons (Fsp3) is 0.276. The van der Waals surface area contributed by atoms with Gasteiger partial charge >= 0.3 is 0 Å². The molecule has 0 amide bonds. The van der Waals surface area contributed by atoms with Gasteiger partial charge < -0.3 is 0 Å². The van der Waals surface area contributed by atoms with Gasteiger partial charge in [-0.1, -0.05) is 66.4 Å². The molecule has 0 radical (unpaired) electrons. The number of benzene rings is 2. The van der Waals surface area contributed by atoms with Crippen molar-refractivity contribution in [2.75, 3.05) is 19.6 Å². The third kappa shape index (κ3) is 6.33. The largest absolute Gasteiger partial charge is 0.299 e. The molecule has 1 aliphatic heterocycles. The summed E-state index contributed by atoms with van der Waals surface area (Å²) in [7, 11) is 0. The number of halogens is 1. The molecule has 0 bridgehead atoms. The van der Waals surface area contributed by atoms with Gasteiger partial charge in [-0.3, -0.25) is 4.90 Å². The van der Waals surface area contributed by atoms with Crippen molar-refractivity contribution >= 4 is 17.7 Å². The lowest BCUT2D eigenvalue weighted by atomic mass is 9.99. The van der Waals surface area contributed by atoms with Crippen LogP contribution in [0.25, 0.3) is 17.2 Å². The van der Waals surface area contributed by atoms with Crippen LogP contribution in [0.15, 0.2) is 72.4 Å². The zero-order chi connectivity index (χ0) is 22.3. The molecule has 0 N–H and O–H groups in total. The van der Waals surface area contributed by atoms with Crippen LogP contribution in [0.1, 0.15) is 43.5 Å². The third-order valence-electron chi connectivity index (χ3n) is 5.95. The van der Waals surface area contributed by atoms with E-state index < -0.39 is 0 Å². The second-order valence-electron chi connectivity index (χ2n) is 8.76. The SMILES string of the molecule is CC(=Cc1ccc(C#Cc2ccc(-c3ccc(Cl)cc3)cn2)cc1)CN1CCC(C)CC1.